The molecule has 0 fully saturated rings. The molecule has 12 heavy (non-hydrogen) atoms. The molecule has 0 heterocycles. The van der Waals surface area contributed by atoms with Gasteiger partial charge in [-0.1, -0.05) is 18.2 Å². The number of carbonyl (C=O) groups excluding carboxylic acids is 1. The number of fused-ring (bicyclic) bond motifs is 1. The molecule has 0 N–H and O–H groups in total. The quantitative estimate of drug-likeness (QED) is 0.427. The van der Waals surface area contributed by atoms with Gasteiger partial charge in [0.2, 0.25) is 0 Å². The van der Waals surface area contributed by atoms with Crippen LogP contribution < -0.4 is 0 Å². The Bertz CT molecular complexity index is 237. The monoisotopic (exact) mass is 162 g/mol. The molecule has 0 saturated heterocycles. The number of hydrogen-bond acceptors (Lipinski definition) is 1. The van der Waals surface area contributed by atoms with Crippen molar-refractivity contribution in [3.8, 4) is 0 Å². The Morgan fingerprint density at radius 3 is 3.25 bits per heavy atom. The number of hydrogen-bond donors (Lipinski definition) is 0. The summed E-state index contributed by atoms with van der Waals surface area (Å²) < 4.78 is 0. The van der Waals surface area contributed by atoms with E-state index in [4.69, 9.17) is 0 Å². The topological polar surface area (TPSA) is 17.1 Å². The molecule has 0 aliphatic heterocycles. The SMILES string of the molecule is O=CC1=CCC2C=CCCC2C1. The van der Waals surface area contributed by atoms with Gasteiger partial charge < -0.3 is 0 Å². The van der Waals surface area contributed by atoms with Gasteiger partial charge in [-0.2, -0.15) is 0 Å². The summed E-state index contributed by atoms with van der Waals surface area (Å²) in [5.41, 5.74) is 1.02. The molecule has 2 unspecified atom stereocenters. The molecular formula is C11H14O. The Morgan fingerprint density at radius 1 is 1.50 bits per heavy atom. The van der Waals surface area contributed by atoms with Crippen LogP contribution in [-0.4, -0.2) is 6.29 Å². The van der Waals surface area contributed by atoms with E-state index in [9.17, 15) is 4.79 Å². The van der Waals surface area contributed by atoms with E-state index < -0.39 is 0 Å². The normalized spacial score (nSPS) is 33.8. The zero-order valence-electron chi connectivity index (χ0n) is 7.20. The highest BCUT2D eigenvalue weighted by molar-refractivity contribution is 5.73. The molecule has 2 aliphatic rings. The third-order valence-corrected chi connectivity index (χ3v) is 2.99. The van der Waals surface area contributed by atoms with Gasteiger partial charge in [0.15, 0.2) is 0 Å². The van der Waals surface area contributed by atoms with Crippen LogP contribution in [0.3, 0.4) is 0 Å². The van der Waals surface area contributed by atoms with Gasteiger partial charge in [-0.15, -0.1) is 0 Å². The van der Waals surface area contributed by atoms with Gasteiger partial charge in [0, 0.05) is 0 Å². The summed E-state index contributed by atoms with van der Waals surface area (Å²) in [5.74, 6) is 1.47. The first-order valence-corrected chi connectivity index (χ1v) is 4.71. The van der Waals surface area contributed by atoms with Gasteiger partial charge in [0.25, 0.3) is 0 Å². The maximum absolute atomic E-state index is 10.5. The second-order valence-electron chi connectivity index (χ2n) is 3.77. The molecule has 1 nitrogen and oxygen atoms in total. The highest BCUT2D eigenvalue weighted by Gasteiger charge is 2.24. The predicted octanol–water partition coefficient (Wildman–Crippen LogP) is 2.49. The lowest BCUT2D eigenvalue weighted by atomic mass is 9.75. The molecule has 0 amide bonds. The maximum atomic E-state index is 10.5. The van der Waals surface area contributed by atoms with Gasteiger partial charge in [0.1, 0.15) is 6.29 Å². The molecular weight excluding hydrogens is 148 g/mol. The van der Waals surface area contributed by atoms with E-state index in [-0.39, 0.29) is 0 Å². The molecule has 0 aromatic rings. The summed E-state index contributed by atoms with van der Waals surface area (Å²) in [6.45, 7) is 0. The van der Waals surface area contributed by atoms with Gasteiger partial charge >= 0.3 is 0 Å². The Morgan fingerprint density at radius 2 is 2.42 bits per heavy atom. The number of allylic oxidation sites excluding steroid dienone is 4. The summed E-state index contributed by atoms with van der Waals surface area (Å²) in [6.07, 6.45) is 12.3. The van der Waals surface area contributed by atoms with Crippen molar-refractivity contribution in [2.24, 2.45) is 11.8 Å². The minimum atomic E-state index is 0.724. The third kappa shape index (κ3) is 1.36. The van der Waals surface area contributed by atoms with Crippen LogP contribution in [0.15, 0.2) is 23.8 Å². The van der Waals surface area contributed by atoms with E-state index in [2.05, 4.69) is 18.2 Å². The summed E-state index contributed by atoms with van der Waals surface area (Å²) in [6, 6.07) is 0. The average molecular weight is 162 g/mol. The van der Waals surface area contributed by atoms with E-state index in [0.29, 0.717) is 0 Å². The first-order chi connectivity index (χ1) is 5.90. The standard InChI is InChI=1S/C11H14O/c12-8-9-5-6-10-3-1-2-4-11(10)7-9/h1,3,5,8,10-11H,2,4,6-7H2. The number of carbonyl (C=O) groups is 1. The number of aldehydes is 1. The molecule has 0 aromatic carbocycles. The molecule has 2 atom stereocenters. The molecule has 1 heteroatoms. The molecule has 0 aromatic heterocycles. The van der Waals surface area contributed by atoms with Crippen molar-refractivity contribution in [3.05, 3.63) is 23.8 Å². The summed E-state index contributed by atoms with van der Waals surface area (Å²) in [5, 5.41) is 0. The van der Waals surface area contributed by atoms with Gasteiger partial charge in [-0.3, -0.25) is 4.79 Å². The number of rotatable bonds is 1. The van der Waals surface area contributed by atoms with Crippen LogP contribution in [0.1, 0.15) is 25.7 Å². The second-order valence-corrected chi connectivity index (χ2v) is 3.77. The van der Waals surface area contributed by atoms with Crippen molar-refractivity contribution >= 4 is 6.29 Å². The summed E-state index contributed by atoms with van der Waals surface area (Å²) in [4.78, 5) is 10.5. The van der Waals surface area contributed by atoms with E-state index in [0.717, 1.165) is 36.5 Å². The molecule has 64 valence electrons. The fourth-order valence-corrected chi connectivity index (χ4v) is 2.25. The molecule has 0 radical (unpaired) electrons. The largest absolute Gasteiger partial charge is 0.298 e. The van der Waals surface area contributed by atoms with Crippen molar-refractivity contribution < 1.29 is 4.79 Å². The van der Waals surface area contributed by atoms with Crippen molar-refractivity contribution in [1.29, 1.82) is 0 Å². The summed E-state index contributed by atoms with van der Waals surface area (Å²) in [7, 11) is 0. The maximum Gasteiger partial charge on any atom is 0.145 e. The van der Waals surface area contributed by atoms with Crippen LogP contribution in [0.2, 0.25) is 0 Å². The lowest BCUT2D eigenvalue weighted by Gasteiger charge is -2.30. The van der Waals surface area contributed by atoms with E-state index >= 15 is 0 Å². The van der Waals surface area contributed by atoms with Crippen LogP contribution in [0.4, 0.5) is 0 Å². The minimum Gasteiger partial charge on any atom is -0.298 e. The zero-order chi connectivity index (χ0) is 8.39. The molecule has 0 saturated carbocycles. The summed E-state index contributed by atoms with van der Waals surface area (Å²) >= 11 is 0. The van der Waals surface area contributed by atoms with Gasteiger partial charge in [0.05, 0.1) is 0 Å². The van der Waals surface area contributed by atoms with Crippen molar-refractivity contribution in [1.82, 2.24) is 0 Å². The van der Waals surface area contributed by atoms with Crippen molar-refractivity contribution in [2.45, 2.75) is 25.7 Å². The minimum absolute atomic E-state index is 0.724. The lowest BCUT2D eigenvalue weighted by Crippen LogP contribution is -2.19. The van der Waals surface area contributed by atoms with Crippen molar-refractivity contribution in [3.63, 3.8) is 0 Å². The Hall–Kier alpha value is -0.850. The van der Waals surface area contributed by atoms with Crippen LogP contribution in [-0.2, 0) is 4.79 Å². The van der Waals surface area contributed by atoms with Crippen LogP contribution in [0.5, 0.6) is 0 Å². The highest BCUT2D eigenvalue weighted by Crippen LogP contribution is 2.35. The lowest BCUT2D eigenvalue weighted by molar-refractivity contribution is -0.105. The molecule has 2 rings (SSSR count). The second kappa shape index (κ2) is 3.26. The first kappa shape index (κ1) is 7.78. The molecule has 0 spiro atoms. The Kier molecular flexibility index (Phi) is 2.11. The van der Waals surface area contributed by atoms with Crippen molar-refractivity contribution in [2.75, 3.05) is 0 Å². The first-order valence-electron chi connectivity index (χ1n) is 4.71. The molecule has 0 bridgehead atoms. The van der Waals surface area contributed by atoms with Gasteiger partial charge in [-0.05, 0) is 43.1 Å². The van der Waals surface area contributed by atoms with Gasteiger partial charge in [-0.25, -0.2) is 0 Å². The van der Waals surface area contributed by atoms with E-state index in [1.165, 1.54) is 12.8 Å². The zero-order valence-corrected chi connectivity index (χ0v) is 7.20. The average Bonchev–Trinajstić information content (AvgIpc) is 2.17. The fourth-order valence-electron chi connectivity index (χ4n) is 2.25. The molecule has 2 aliphatic carbocycles. The Balaban J connectivity index is 2.12. The predicted molar refractivity (Wildman–Crippen MR) is 48.7 cm³/mol. The highest BCUT2D eigenvalue weighted by atomic mass is 16.1. The van der Waals surface area contributed by atoms with E-state index in [1.54, 1.807) is 0 Å². The fraction of sp³-hybridized carbons (Fsp3) is 0.545. The van der Waals surface area contributed by atoms with Crippen LogP contribution >= 0.6 is 0 Å². The third-order valence-electron chi connectivity index (χ3n) is 2.99. The Labute approximate surface area is 73.2 Å². The van der Waals surface area contributed by atoms with Crippen LogP contribution in [0.25, 0.3) is 0 Å². The van der Waals surface area contributed by atoms with Crippen LogP contribution in [0, 0.1) is 11.8 Å². The van der Waals surface area contributed by atoms with E-state index in [1.807, 2.05) is 0 Å². The smallest absolute Gasteiger partial charge is 0.145 e.